The number of amides is 1. The molecule has 6 heteroatoms. The fourth-order valence-corrected chi connectivity index (χ4v) is 2.91. The molecule has 3 atom stereocenters. The number of nitrogens with one attached hydrogen (secondary N) is 2. The van der Waals surface area contributed by atoms with Crippen LogP contribution in [0.2, 0.25) is 0 Å². The maximum absolute atomic E-state index is 12.2. The van der Waals surface area contributed by atoms with Crippen LogP contribution < -0.4 is 10.6 Å². The van der Waals surface area contributed by atoms with Crippen molar-refractivity contribution in [3.05, 3.63) is 24.3 Å². The van der Waals surface area contributed by atoms with Crippen molar-refractivity contribution in [2.75, 3.05) is 19.8 Å². The van der Waals surface area contributed by atoms with Crippen molar-refractivity contribution in [3.63, 3.8) is 0 Å². The van der Waals surface area contributed by atoms with E-state index in [1.165, 1.54) is 6.92 Å². The smallest absolute Gasteiger partial charge is 0.333 e. The summed E-state index contributed by atoms with van der Waals surface area (Å²) in [5.74, 6) is -0.443. The Morgan fingerprint density at radius 1 is 1.36 bits per heavy atom. The molecule has 0 aromatic heterocycles. The number of rotatable bonds is 11. The van der Waals surface area contributed by atoms with Gasteiger partial charge >= 0.3 is 5.97 Å². The summed E-state index contributed by atoms with van der Waals surface area (Å²) in [5, 5.41) is 6.29. The van der Waals surface area contributed by atoms with Crippen LogP contribution in [0.1, 0.15) is 46.5 Å². The molecule has 0 aromatic rings. The molecule has 0 saturated heterocycles. The van der Waals surface area contributed by atoms with Crippen LogP contribution in [0.3, 0.4) is 0 Å². The van der Waals surface area contributed by atoms with E-state index in [1.54, 1.807) is 19.1 Å². The molecule has 2 N–H and O–H groups in total. The quantitative estimate of drug-likeness (QED) is 0.338. The van der Waals surface area contributed by atoms with Gasteiger partial charge in [0.1, 0.15) is 0 Å². The molecule has 0 aliphatic heterocycles. The zero-order valence-electron chi connectivity index (χ0n) is 15.7. The number of esters is 1. The molecule has 0 heterocycles. The van der Waals surface area contributed by atoms with Crippen LogP contribution in [0.5, 0.6) is 0 Å². The largest absolute Gasteiger partial charge is 0.463 e. The fourth-order valence-electron chi connectivity index (χ4n) is 2.91. The first-order chi connectivity index (χ1) is 12.0. The molecule has 1 aliphatic carbocycles. The number of carbonyl (C=O) groups excluding carboxylic acids is 2. The Kier molecular flexibility index (Phi) is 10.1. The first-order valence-electron chi connectivity index (χ1n) is 9.14. The average molecular weight is 352 g/mol. The fraction of sp³-hybridized carbons (Fsp3) is 0.684. The number of carbonyl (C=O) groups is 2. The zero-order valence-corrected chi connectivity index (χ0v) is 15.7. The van der Waals surface area contributed by atoms with Crippen molar-refractivity contribution < 1.29 is 19.1 Å². The second-order valence-electron chi connectivity index (χ2n) is 6.19. The van der Waals surface area contributed by atoms with Gasteiger partial charge in [0, 0.05) is 31.7 Å². The molecule has 0 fully saturated rings. The summed E-state index contributed by atoms with van der Waals surface area (Å²) in [7, 11) is 0. The number of hydrogen-bond acceptors (Lipinski definition) is 5. The highest BCUT2D eigenvalue weighted by atomic mass is 16.5. The highest BCUT2D eigenvalue weighted by Gasteiger charge is 2.36. The summed E-state index contributed by atoms with van der Waals surface area (Å²) < 4.78 is 11.1. The van der Waals surface area contributed by atoms with E-state index in [1.807, 2.05) is 0 Å². The van der Waals surface area contributed by atoms with Gasteiger partial charge < -0.3 is 20.1 Å². The van der Waals surface area contributed by atoms with Crippen molar-refractivity contribution in [1.82, 2.24) is 10.6 Å². The molecule has 0 aromatic carbocycles. The van der Waals surface area contributed by atoms with Gasteiger partial charge in [0.05, 0.1) is 18.8 Å². The molecule has 142 valence electrons. The van der Waals surface area contributed by atoms with Crippen molar-refractivity contribution in [2.24, 2.45) is 0 Å². The molecule has 6 nitrogen and oxygen atoms in total. The predicted octanol–water partition coefficient (Wildman–Crippen LogP) is 2.10. The second-order valence-corrected chi connectivity index (χ2v) is 6.19. The number of ether oxygens (including phenoxy) is 2. The second kappa shape index (κ2) is 11.8. The van der Waals surface area contributed by atoms with Crippen LogP contribution in [0.15, 0.2) is 24.3 Å². The van der Waals surface area contributed by atoms with Gasteiger partial charge in [0.25, 0.3) is 0 Å². The minimum Gasteiger partial charge on any atom is -0.463 e. The molecule has 0 saturated carbocycles. The molecule has 0 bridgehead atoms. The van der Waals surface area contributed by atoms with Crippen LogP contribution in [0, 0.1) is 0 Å². The number of unbranched alkanes of at least 4 members (excludes halogenated alkanes) is 2. The summed E-state index contributed by atoms with van der Waals surface area (Å²) in [5.41, 5.74) is 0.588. The Hall–Kier alpha value is -1.66. The van der Waals surface area contributed by atoms with Gasteiger partial charge in [-0.25, -0.2) is 4.79 Å². The van der Waals surface area contributed by atoms with Gasteiger partial charge in [-0.1, -0.05) is 25.8 Å². The van der Waals surface area contributed by atoms with Gasteiger partial charge in [-0.2, -0.15) is 0 Å². The molecule has 25 heavy (non-hydrogen) atoms. The summed E-state index contributed by atoms with van der Waals surface area (Å²) in [6.45, 7) is 10.6. The molecule has 1 amide bonds. The van der Waals surface area contributed by atoms with Gasteiger partial charge in [-0.15, -0.1) is 6.58 Å². The third kappa shape index (κ3) is 7.40. The van der Waals surface area contributed by atoms with E-state index in [0.29, 0.717) is 31.8 Å². The van der Waals surface area contributed by atoms with Crippen molar-refractivity contribution in [1.29, 1.82) is 0 Å². The van der Waals surface area contributed by atoms with Crippen LogP contribution in [-0.2, 0) is 19.1 Å². The molecule has 3 unspecified atom stereocenters. The summed E-state index contributed by atoms with van der Waals surface area (Å²) in [6.07, 6.45) is 6.82. The average Bonchev–Trinajstić information content (AvgIpc) is 2.58. The third-order valence-corrected chi connectivity index (χ3v) is 4.08. The molecule has 0 spiro atoms. The van der Waals surface area contributed by atoms with E-state index in [9.17, 15) is 9.59 Å². The summed E-state index contributed by atoms with van der Waals surface area (Å²) in [6, 6.07) is -0.361. The van der Waals surface area contributed by atoms with Crippen LogP contribution >= 0.6 is 0 Å². The predicted molar refractivity (Wildman–Crippen MR) is 98.2 cm³/mol. The van der Waals surface area contributed by atoms with E-state index < -0.39 is 0 Å². The van der Waals surface area contributed by atoms with Gasteiger partial charge in [0.2, 0.25) is 5.91 Å². The minimum atomic E-state index is -0.365. The zero-order chi connectivity index (χ0) is 18.7. The normalized spacial score (nSPS) is 22.8. The summed E-state index contributed by atoms with van der Waals surface area (Å²) >= 11 is 0. The van der Waals surface area contributed by atoms with E-state index in [2.05, 4.69) is 24.1 Å². The highest BCUT2D eigenvalue weighted by molar-refractivity contribution is 5.89. The molecule has 1 aliphatic rings. The summed E-state index contributed by atoms with van der Waals surface area (Å²) in [4.78, 5) is 23.8. The SMILES string of the molecule is C=CCNC1CC(C(=O)OCC)=CC(OCCCCC)C1NC(C)=O. The lowest BCUT2D eigenvalue weighted by Crippen LogP contribution is -2.58. The maximum Gasteiger partial charge on any atom is 0.333 e. The number of hydrogen-bond donors (Lipinski definition) is 2. The monoisotopic (exact) mass is 352 g/mol. The third-order valence-electron chi connectivity index (χ3n) is 4.08. The Balaban J connectivity index is 2.96. The standard InChI is InChI=1S/C19H32N2O4/c1-5-8-9-11-25-17-13-15(19(23)24-7-3)12-16(20-10-6-2)18(17)21-14(4)22/h6,13,16-18,20H,2,5,7-12H2,1,3-4H3,(H,21,22). The van der Waals surface area contributed by atoms with E-state index in [4.69, 9.17) is 9.47 Å². The Morgan fingerprint density at radius 2 is 2.12 bits per heavy atom. The lowest BCUT2D eigenvalue weighted by Gasteiger charge is -2.37. The van der Waals surface area contributed by atoms with Gasteiger partial charge in [-0.3, -0.25) is 4.79 Å². The van der Waals surface area contributed by atoms with Crippen LogP contribution in [0.25, 0.3) is 0 Å². The van der Waals surface area contributed by atoms with E-state index in [0.717, 1.165) is 19.3 Å². The highest BCUT2D eigenvalue weighted by Crippen LogP contribution is 2.23. The van der Waals surface area contributed by atoms with Gasteiger partial charge in [0.15, 0.2) is 0 Å². The maximum atomic E-state index is 12.2. The van der Waals surface area contributed by atoms with E-state index >= 15 is 0 Å². The molecule has 1 rings (SSSR count). The Morgan fingerprint density at radius 3 is 2.72 bits per heavy atom. The van der Waals surface area contributed by atoms with Crippen LogP contribution in [-0.4, -0.2) is 49.8 Å². The Bertz CT molecular complexity index is 476. The van der Waals surface area contributed by atoms with Crippen LogP contribution in [0.4, 0.5) is 0 Å². The first kappa shape index (κ1) is 21.4. The van der Waals surface area contributed by atoms with Crippen molar-refractivity contribution in [3.8, 4) is 0 Å². The van der Waals surface area contributed by atoms with E-state index in [-0.39, 0.29) is 30.1 Å². The lowest BCUT2D eigenvalue weighted by molar-refractivity contribution is -0.139. The van der Waals surface area contributed by atoms with Gasteiger partial charge in [-0.05, 0) is 25.8 Å². The van der Waals surface area contributed by atoms with Crippen molar-refractivity contribution in [2.45, 2.75) is 64.6 Å². The topological polar surface area (TPSA) is 76.7 Å². The lowest BCUT2D eigenvalue weighted by atomic mass is 9.87. The molecular weight excluding hydrogens is 320 g/mol. The van der Waals surface area contributed by atoms with Crippen molar-refractivity contribution >= 4 is 11.9 Å². The first-order valence-corrected chi connectivity index (χ1v) is 9.14. The molecular formula is C19H32N2O4. The minimum absolute atomic E-state index is 0.120. The Labute approximate surface area is 151 Å². The molecule has 0 radical (unpaired) electrons.